The maximum atomic E-state index is 11.4. The average Bonchev–Trinajstić information content (AvgIpc) is 3.38. The van der Waals surface area contributed by atoms with Gasteiger partial charge in [-0.2, -0.15) is 0 Å². The van der Waals surface area contributed by atoms with Gasteiger partial charge in [0.2, 0.25) is 0 Å². The standard InChI is InChI=1S/C21H16N4O2S/c1-12-9-13-10-14(4-5-15(13)23-12)24-16-6-7-22-17-11-19(28-20(16)17)18-3-2-8-25(18)21(26)27/h2-11,23H,1H3,(H,22,24)(H,26,27). The molecule has 0 aliphatic rings. The number of H-pyrrole nitrogens is 1. The van der Waals surface area contributed by atoms with Gasteiger partial charge >= 0.3 is 6.09 Å². The molecule has 7 heteroatoms. The summed E-state index contributed by atoms with van der Waals surface area (Å²) in [5, 5.41) is 14.0. The van der Waals surface area contributed by atoms with Crippen molar-refractivity contribution in [3.05, 3.63) is 66.6 Å². The number of nitrogens with zero attached hydrogens (tertiary/aromatic N) is 2. The first-order chi connectivity index (χ1) is 13.6. The molecule has 0 radical (unpaired) electrons. The van der Waals surface area contributed by atoms with Gasteiger partial charge in [0.15, 0.2) is 0 Å². The summed E-state index contributed by atoms with van der Waals surface area (Å²) in [5.41, 5.74) is 5.65. The summed E-state index contributed by atoms with van der Waals surface area (Å²) in [6, 6.07) is 15.7. The monoisotopic (exact) mass is 388 g/mol. The highest BCUT2D eigenvalue weighted by molar-refractivity contribution is 7.22. The van der Waals surface area contributed by atoms with E-state index in [2.05, 4.69) is 33.5 Å². The van der Waals surface area contributed by atoms with Gasteiger partial charge in [-0.3, -0.25) is 9.55 Å². The summed E-state index contributed by atoms with van der Waals surface area (Å²) in [6.45, 7) is 2.04. The molecule has 0 aliphatic carbocycles. The summed E-state index contributed by atoms with van der Waals surface area (Å²) < 4.78 is 2.21. The third kappa shape index (κ3) is 2.73. The van der Waals surface area contributed by atoms with Gasteiger partial charge < -0.3 is 15.4 Å². The van der Waals surface area contributed by atoms with Crippen molar-refractivity contribution in [3.63, 3.8) is 0 Å². The molecule has 5 aromatic rings. The van der Waals surface area contributed by atoms with Crippen molar-refractivity contribution in [2.45, 2.75) is 6.92 Å². The molecule has 0 bridgehead atoms. The molecular weight excluding hydrogens is 372 g/mol. The fourth-order valence-electron chi connectivity index (χ4n) is 3.42. The second-order valence-electron chi connectivity index (χ2n) is 6.61. The smallest absolute Gasteiger partial charge is 0.416 e. The minimum Gasteiger partial charge on any atom is -0.464 e. The van der Waals surface area contributed by atoms with Gasteiger partial charge in [-0.1, -0.05) is 0 Å². The van der Waals surface area contributed by atoms with Crippen molar-refractivity contribution >= 4 is 49.9 Å². The number of thiophene rings is 1. The van der Waals surface area contributed by atoms with Gasteiger partial charge in [0.25, 0.3) is 0 Å². The average molecular weight is 388 g/mol. The van der Waals surface area contributed by atoms with Crippen molar-refractivity contribution in [2.75, 3.05) is 5.32 Å². The summed E-state index contributed by atoms with van der Waals surface area (Å²) in [5.74, 6) is 0. The summed E-state index contributed by atoms with van der Waals surface area (Å²) in [4.78, 5) is 20.1. The number of fused-ring (bicyclic) bond motifs is 2. The molecule has 0 amide bonds. The van der Waals surface area contributed by atoms with Gasteiger partial charge in [-0.05, 0) is 55.5 Å². The normalized spacial score (nSPS) is 11.3. The Kier molecular flexibility index (Phi) is 3.70. The molecular formula is C21H16N4O2S. The molecule has 4 heterocycles. The first-order valence-electron chi connectivity index (χ1n) is 8.74. The van der Waals surface area contributed by atoms with Crippen molar-refractivity contribution in [3.8, 4) is 10.6 Å². The summed E-state index contributed by atoms with van der Waals surface area (Å²) in [6.07, 6.45) is 2.30. The highest BCUT2D eigenvalue weighted by Gasteiger charge is 2.14. The predicted molar refractivity (Wildman–Crippen MR) is 113 cm³/mol. The van der Waals surface area contributed by atoms with Crippen LogP contribution in [0.5, 0.6) is 0 Å². The van der Waals surface area contributed by atoms with E-state index in [0.29, 0.717) is 5.69 Å². The lowest BCUT2D eigenvalue weighted by Crippen LogP contribution is -2.06. The first kappa shape index (κ1) is 16.6. The molecule has 0 fully saturated rings. The molecule has 0 saturated heterocycles. The van der Waals surface area contributed by atoms with Crippen LogP contribution < -0.4 is 5.32 Å². The van der Waals surface area contributed by atoms with Crippen LogP contribution in [0, 0.1) is 6.92 Å². The Balaban J connectivity index is 1.56. The maximum absolute atomic E-state index is 11.4. The number of benzene rings is 1. The maximum Gasteiger partial charge on any atom is 0.416 e. The molecule has 4 aromatic heterocycles. The van der Waals surface area contributed by atoms with Crippen molar-refractivity contribution in [1.29, 1.82) is 0 Å². The highest BCUT2D eigenvalue weighted by Crippen LogP contribution is 2.38. The number of hydrogen-bond acceptors (Lipinski definition) is 4. The number of pyridine rings is 1. The van der Waals surface area contributed by atoms with Crippen LogP contribution in [0.15, 0.2) is 60.9 Å². The zero-order chi connectivity index (χ0) is 19.3. The van der Waals surface area contributed by atoms with Crippen LogP contribution in [0.3, 0.4) is 0 Å². The van der Waals surface area contributed by atoms with Crippen LogP contribution in [0.4, 0.5) is 16.2 Å². The SMILES string of the molecule is Cc1cc2cc(Nc3ccnc4cc(-c5cccn5C(=O)O)sc34)ccc2[nH]1. The molecule has 138 valence electrons. The van der Waals surface area contributed by atoms with Crippen LogP contribution in [0.25, 0.3) is 31.7 Å². The van der Waals surface area contributed by atoms with E-state index in [4.69, 9.17) is 0 Å². The number of aryl methyl sites for hydroxylation is 1. The van der Waals surface area contributed by atoms with Crippen LogP contribution >= 0.6 is 11.3 Å². The lowest BCUT2D eigenvalue weighted by atomic mass is 10.2. The number of anilines is 2. The fourth-order valence-corrected chi connectivity index (χ4v) is 4.53. The third-order valence-electron chi connectivity index (χ3n) is 4.65. The van der Waals surface area contributed by atoms with Crippen LogP contribution in [0.1, 0.15) is 5.69 Å². The zero-order valence-corrected chi connectivity index (χ0v) is 15.7. The molecule has 6 nitrogen and oxygen atoms in total. The minimum absolute atomic E-state index is 0.644. The molecule has 0 atom stereocenters. The lowest BCUT2D eigenvalue weighted by molar-refractivity contribution is 0.197. The van der Waals surface area contributed by atoms with E-state index >= 15 is 0 Å². The molecule has 0 saturated carbocycles. The van der Waals surface area contributed by atoms with Gasteiger partial charge in [-0.25, -0.2) is 4.79 Å². The molecule has 0 spiro atoms. The molecule has 0 aliphatic heterocycles. The van der Waals surface area contributed by atoms with Crippen LogP contribution in [0.2, 0.25) is 0 Å². The van der Waals surface area contributed by atoms with Crippen LogP contribution in [-0.4, -0.2) is 25.7 Å². The Hall–Kier alpha value is -3.58. The van der Waals surface area contributed by atoms with E-state index in [1.54, 1.807) is 24.5 Å². The Morgan fingerprint density at radius 1 is 1.21 bits per heavy atom. The Morgan fingerprint density at radius 2 is 2.11 bits per heavy atom. The van der Waals surface area contributed by atoms with E-state index in [1.807, 2.05) is 25.1 Å². The number of carbonyl (C=O) groups is 1. The van der Waals surface area contributed by atoms with Gasteiger partial charge in [0.05, 0.1) is 26.5 Å². The van der Waals surface area contributed by atoms with E-state index in [1.165, 1.54) is 15.9 Å². The van der Waals surface area contributed by atoms with E-state index in [-0.39, 0.29) is 0 Å². The quantitative estimate of drug-likeness (QED) is 0.363. The van der Waals surface area contributed by atoms with Crippen molar-refractivity contribution < 1.29 is 9.90 Å². The second-order valence-corrected chi connectivity index (χ2v) is 7.66. The third-order valence-corrected chi connectivity index (χ3v) is 5.83. The number of aromatic amines is 1. The van der Waals surface area contributed by atoms with Crippen molar-refractivity contribution in [2.24, 2.45) is 0 Å². The summed E-state index contributed by atoms with van der Waals surface area (Å²) in [7, 11) is 0. The topological polar surface area (TPSA) is 82.9 Å². The molecule has 28 heavy (non-hydrogen) atoms. The molecule has 0 unspecified atom stereocenters. The zero-order valence-electron chi connectivity index (χ0n) is 14.9. The minimum atomic E-state index is -1.00. The number of rotatable bonds is 3. The molecule has 3 N–H and O–H groups in total. The fraction of sp³-hybridized carbons (Fsp3) is 0.0476. The Labute approximate surface area is 164 Å². The van der Waals surface area contributed by atoms with Crippen molar-refractivity contribution in [1.82, 2.24) is 14.5 Å². The number of aromatic nitrogens is 3. The number of hydrogen-bond donors (Lipinski definition) is 3. The van der Waals surface area contributed by atoms with E-state index in [0.717, 1.165) is 43.1 Å². The summed E-state index contributed by atoms with van der Waals surface area (Å²) >= 11 is 1.52. The highest BCUT2D eigenvalue weighted by atomic mass is 32.1. The van der Waals surface area contributed by atoms with Gasteiger partial charge in [0, 0.05) is 34.7 Å². The second kappa shape index (κ2) is 6.24. The van der Waals surface area contributed by atoms with Gasteiger partial charge in [-0.15, -0.1) is 11.3 Å². The van der Waals surface area contributed by atoms with E-state index in [9.17, 15) is 9.90 Å². The predicted octanol–water partition coefficient (Wildman–Crippen LogP) is 5.82. The van der Waals surface area contributed by atoms with E-state index < -0.39 is 6.09 Å². The van der Waals surface area contributed by atoms with Crippen LogP contribution in [-0.2, 0) is 0 Å². The molecule has 1 aromatic carbocycles. The number of nitrogens with one attached hydrogen (secondary N) is 2. The lowest BCUT2D eigenvalue weighted by Gasteiger charge is -2.07. The molecule has 5 rings (SSSR count). The largest absolute Gasteiger partial charge is 0.464 e. The Bertz CT molecular complexity index is 1350. The first-order valence-corrected chi connectivity index (χ1v) is 9.56. The number of carboxylic acid groups (broad SMARTS) is 1. The Morgan fingerprint density at radius 3 is 2.96 bits per heavy atom. The van der Waals surface area contributed by atoms with Gasteiger partial charge in [0.1, 0.15) is 0 Å².